The summed E-state index contributed by atoms with van der Waals surface area (Å²) in [5.74, 6) is 0.952. The molecule has 0 atom stereocenters. The maximum absolute atomic E-state index is 4.19. The highest BCUT2D eigenvalue weighted by Gasteiger charge is 2.01. The normalized spacial score (nSPS) is 10.5. The molecular weight excluding hydrogens is 236 g/mol. The first kappa shape index (κ1) is 13.5. The fourth-order valence-electron chi connectivity index (χ4n) is 2.14. The van der Waals surface area contributed by atoms with Gasteiger partial charge in [-0.2, -0.15) is 0 Å². The van der Waals surface area contributed by atoms with Crippen LogP contribution in [0.3, 0.4) is 0 Å². The molecule has 0 aliphatic carbocycles. The van der Waals surface area contributed by atoms with E-state index in [2.05, 4.69) is 58.3 Å². The Balaban J connectivity index is 1.95. The lowest BCUT2D eigenvalue weighted by Crippen LogP contribution is -2.21. The van der Waals surface area contributed by atoms with Crippen LogP contribution in [0.5, 0.6) is 0 Å². The molecule has 102 valence electrons. The highest BCUT2D eigenvalue weighted by atomic mass is 15.1. The number of benzene rings is 1. The van der Waals surface area contributed by atoms with Gasteiger partial charge < -0.3 is 15.2 Å². The number of hydrogen-bond acceptors (Lipinski definition) is 3. The minimum atomic E-state index is 0.769. The third-order valence-electron chi connectivity index (χ3n) is 3.23. The van der Waals surface area contributed by atoms with Crippen LogP contribution < -0.4 is 10.2 Å². The van der Waals surface area contributed by atoms with Gasteiger partial charge in [0.2, 0.25) is 0 Å². The maximum Gasteiger partial charge on any atom is 0.103 e. The quantitative estimate of drug-likeness (QED) is 0.836. The number of hydrogen-bond donors (Lipinski definition) is 2. The number of aryl methyl sites for hydroxylation is 1. The summed E-state index contributed by atoms with van der Waals surface area (Å²) in [6, 6.07) is 8.56. The van der Waals surface area contributed by atoms with Crippen molar-refractivity contribution in [1.29, 1.82) is 0 Å². The lowest BCUT2D eigenvalue weighted by Gasteiger charge is -2.21. The topological polar surface area (TPSA) is 44.0 Å². The van der Waals surface area contributed by atoms with E-state index in [0.717, 1.165) is 36.8 Å². The predicted molar refractivity (Wildman–Crippen MR) is 80.7 cm³/mol. The molecule has 0 saturated carbocycles. The molecule has 1 heterocycles. The maximum atomic E-state index is 4.19. The van der Waals surface area contributed by atoms with Crippen molar-refractivity contribution in [2.75, 3.05) is 23.3 Å². The van der Waals surface area contributed by atoms with Crippen LogP contribution in [0.15, 0.2) is 30.5 Å². The Morgan fingerprint density at radius 3 is 2.37 bits per heavy atom. The minimum absolute atomic E-state index is 0.769. The number of nitrogens with one attached hydrogen (secondary N) is 2. The molecule has 4 heteroatoms. The van der Waals surface area contributed by atoms with Crippen molar-refractivity contribution >= 4 is 11.4 Å². The van der Waals surface area contributed by atoms with Crippen LogP contribution in [0, 0.1) is 6.92 Å². The second-order valence-corrected chi connectivity index (χ2v) is 4.57. The lowest BCUT2D eigenvalue weighted by atomic mass is 10.2. The van der Waals surface area contributed by atoms with Gasteiger partial charge in [-0.05, 0) is 45.0 Å². The number of rotatable bonds is 6. The van der Waals surface area contributed by atoms with E-state index < -0.39 is 0 Å². The molecule has 19 heavy (non-hydrogen) atoms. The summed E-state index contributed by atoms with van der Waals surface area (Å²) in [5, 5.41) is 3.39. The van der Waals surface area contributed by atoms with Gasteiger partial charge in [-0.3, -0.25) is 0 Å². The molecule has 0 radical (unpaired) electrons. The average molecular weight is 258 g/mol. The molecule has 0 saturated heterocycles. The van der Waals surface area contributed by atoms with Gasteiger partial charge in [-0.15, -0.1) is 0 Å². The summed E-state index contributed by atoms with van der Waals surface area (Å²) >= 11 is 0. The highest BCUT2D eigenvalue weighted by molar-refractivity contribution is 5.55. The van der Waals surface area contributed by atoms with Crippen LogP contribution >= 0.6 is 0 Å². The van der Waals surface area contributed by atoms with Crippen LogP contribution in [-0.2, 0) is 6.54 Å². The van der Waals surface area contributed by atoms with E-state index >= 15 is 0 Å². The third kappa shape index (κ3) is 3.50. The second kappa shape index (κ2) is 6.27. The van der Waals surface area contributed by atoms with Crippen molar-refractivity contribution in [2.24, 2.45) is 0 Å². The van der Waals surface area contributed by atoms with Crippen molar-refractivity contribution in [1.82, 2.24) is 9.97 Å². The van der Waals surface area contributed by atoms with Crippen LogP contribution in [0.25, 0.3) is 0 Å². The molecule has 0 amide bonds. The predicted octanol–water partition coefficient (Wildman–Crippen LogP) is 3.18. The number of aromatic nitrogens is 2. The SMILES string of the molecule is CCN(CC)c1ccc(NCc2cnc(C)[nH]2)cc1. The molecule has 2 rings (SSSR count). The van der Waals surface area contributed by atoms with Gasteiger partial charge >= 0.3 is 0 Å². The average Bonchev–Trinajstić information content (AvgIpc) is 2.85. The van der Waals surface area contributed by atoms with Gasteiger partial charge in [0.1, 0.15) is 5.82 Å². The first-order chi connectivity index (χ1) is 9.22. The molecular formula is C15H22N4. The standard InChI is InChI=1S/C15H22N4/c1-4-19(5-2)15-8-6-13(7-9-15)17-11-14-10-16-12(3)18-14/h6-10,17H,4-5,11H2,1-3H3,(H,16,18). The fraction of sp³-hybridized carbons (Fsp3) is 0.400. The largest absolute Gasteiger partial charge is 0.379 e. The van der Waals surface area contributed by atoms with Crippen LogP contribution in [0.2, 0.25) is 0 Å². The lowest BCUT2D eigenvalue weighted by molar-refractivity contribution is 0.866. The van der Waals surface area contributed by atoms with E-state index in [-0.39, 0.29) is 0 Å². The van der Waals surface area contributed by atoms with E-state index in [0.29, 0.717) is 0 Å². The summed E-state index contributed by atoms with van der Waals surface area (Å²) in [7, 11) is 0. The third-order valence-corrected chi connectivity index (χ3v) is 3.23. The Morgan fingerprint density at radius 1 is 1.16 bits per heavy atom. The van der Waals surface area contributed by atoms with Gasteiger partial charge in [0.05, 0.1) is 18.4 Å². The van der Waals surface area contributed by atoms with Crippen LogP contribution in [0.1, 0.15) is 25.4 Å². The monoisotopic (exact) mass is 258 g/mol. The molecule has 2 aromatic rings. The summed E-state index contributed by atoms with van der Waals surface area (Å²) < 4.78 is 0. The Morgan fingerprint density at radius 2 is 1.84 bits per heavy atom. The highest BCUT2D eigenvalue weighted by Crippen LogP contribution is 2.18. The van der Waals surface area contributed by atoms with Crippen LogP contribution in [0.4, 0.5) is 11.4 Å². The Bertz CT molecular complexity index is 497. The molecule has 0 spiro atoms. The van der Waals surface area contributed by atoms with E-state index in [1.807, 2.05) is 13.1 Å². The van der Waals surface area contributed by atoms with Gasteiger partial charge in [0, 0.05) is 24.5 Å². The zero-order valence-electron chi connectivity index (χ0n) is 11.9. The number of nitrogens with zero attached hydrogens (tertiary/aromatic N) is 2. The van der Waals surface area contributed by atoms with Gasteiger partial charge in [-0.25, -0.2) is 4.98 Å². The van der Waals surface area contributed by atoms with Crippen molar-refractivity contribution < 1.29 is 0 Å². The Hall–Kier alpha value is -1.97. The van der Waals surface area contributed by atoms with Gasteiger partial charge in [-0.1, -0.05) is 0 Å². The van der Waals surface area contributed by atoms with E-state index in [4.69, 9.17) is 0 Å². The zero-order valence-corrected chi connectivity index (χ0v) is 11.9. The molecule has 0 aliphatic rings. The van der Waals surface area contributed by atoms with Gasteiger partial charge in [0.15, 0.2) is 0 Å². The fourth-order valence-corrected chi connectivity index (χ4v) is 2.14. The van der Waals surface area contributed by atoms with Crippen molar-refractivity contribution in [3.63, 3.8) is 0 Å². The van der Waals surface area contributed by atoms with Crippen molar-refractivity contribution in [2.45, 2.75) is 27.3 Å². The summed E-state index contributed by atoms with van der Waals surface area (Å²) in [4.78, 5) is 9.73. The molecule has 4 nitrogen and oxygen atoms in total. The van der Waals surface area contributed by atoms with Crippen LogP contribution in [-0.4, -0.2) is 23.1 Å². The summed E-state index contributed by atoms with van der Waals surface area (Å²) in [6.07, 6.45) is 1.87. The number of anilines is 2. The smallest absolute Gasteiger partial charge is 0.103 e. The number of H-pyrrole nitrogens is 1. The Kier molecular flexibility index (Phi) is 4.44. The minimum Gasteiger partial charge on any atom is -0.379 e. The first-order valence-electron chi connectivity index (χ1n) is 6.82. The number of aromatic amines is 1. The van der Waals surface area contributed by atoms with E-state index in [1.54, 1.807) is 0 Å². The van der Waals surface area contributed by atoms with Crippen molar-refractivity contribution in [3.05, 3.63) is 42.0 Å². The molecule has 2 N–H and O–H groups in total. The molecule has 0 fully saturated rings. The Labute approximate surface area is 114 Å². The first-order valence-corrected chi connectivity index (χ1v) is 6.82. The molecule has 0 unspecified atom stereocenters. The zero-order chi connectivity index (χ0) is 13.7. The number of imidazole rings is 1. The summed E-state index contributed by atoms with van der Waals surface area (Å²) in [6.45, 7) is 9.16. The molecule has 1 aromatic heterocycles. The van der Waals surface area contributed by atoms with Crippen molar-refractivity contribution in [3.8, 4) is 0 Å². The van der Waals surface area contributed by atoms with E-state index in [9.17, 15) is 0 Å². The van der Waals surface area contributed by atoms with Gasteiger partial charge in [0.25, 0.3) is 0 Å². The molecule has 0 aliphatic heterocycles. The summed E-state index contributed by atoms with van der Waals surface area (Å²) in [5.41, 5.74) is 3.50. The second-order valence-electron chi connectivity index (χ2n) is 4.57. The molecule has 0 bridgehead atoms. The van der Waals surface area contributed by atoms with E-state index in [1.165, 1.54) is 5.69 Å². The molecule has 1 aromatic carbocycles.